The lowest BCUT2D eigenvalue weighted by Crippen LogP contribution is -2.19. The van der Waals surface area contributed by atoms with Gasteiger partial charge in [-0.3, -0.25) is 14.7 Å². The van der Waals surface area contributed by atoms with Crippen LogP contribution in [0.5, 0.6) is 0 Å². The van der Waals surface area contributed by atoms with E-state index in [9.17, 15) is 18.0 Å². The van der Waals surface area contributed by atoms with Gasteiger partial charge in [-0.15, -0.1) is 0 Å². The lowest BCUT2D eigenvalue weighted by atomic mass is 9.92. The predicted molar refractivity (Wildman–Crippen MR) is 155 cm³/mol. The Labute approximate surface area is 235 Å². The van der Waals surface area contributed by atoms with E-state index in [1.807, 2.05) is 60.7 Å². The number of H-pyrrole nitrogens is 1. The van der Waals surface area contributed by atoms with Crippen molar-refractivity contribution in [3.8, 4) is 5.82 Å². The van der Waals surface area contributed by atoms with Gasteiger partial charge >= 0.3 is 5.97 Å². The van der Waals surface area contributed by atoms with Crippen molar-refractivity contribution in [2.24, 2.45) is 0 Å². The molecule has 1 unspecified atom stereocenters. The van der Waals surface area contributed by atoms with E-state index in [1.54, 1.807) is 6.92 Å². The number of pyridine rings is 1. The van der Waals surface area contributed by atoms with E-state index < -0.39 is 15.8 Å². The van der Waals surface area contributed by atoms with Gasteiger partial charge in [-0.25, -0.2) is 18.1 Å². The fraction of sp³-hybridized carbons (Fsp3) is 0.323. The zero-order valence-electron chi connectivity index (χ0n) is 22.9. The fourth-order valence-corrected chi connectivity index (χ4v) is 6.14. The van der Waals surface area contributed by atoms with Crippen LogP contribution in [0.15, 0.2) is 88.7 Å². The maximum absolute atomic E-state index is 13.4. The van der Waals surface area contributed by atoms with E-state index >= 15 is 0 Å². The number of carbonyl (C=O) groups excluding carboxylic acids is 1. The molecule has 0 aliphatic carbocycles. The summed E-state index contributed by atoms with van der Waals surface area (Å²) in [5.74, 6) is -0.0504. The van der Waals surface area contributed by atoms with Gasteiger partial charge in [-0.05, 0) is 48.9 Å². The van der Waals surface area contributed by atoms with Crippen molar-refractivity contribution in [3.63, 3.8) is 0 Å². The molecule has 0 saturated heterocycles. The number of ether oxygens (including phenoxy) is 1. The van der Waals surface area contributed by atoms with Crippen molar-refractivity contribution in [2.45, 2.75) is 56.8 Å². The number of aromatic nitrogens is 3. The second-order valence-corrected chi connectivity index (χ2v) is 11.8. The van der Waals surface area contributed by atoms with E-state index in [1.165, 1.54) is 23.0 Å². The van der Waals surface area contributed by atoms with Crippen LogP contribution < -0.4 is 5.56 Å². The van der Waals surface area contributed by atoms with Crippen LogP contribution in [-0.2, 0) is 32.2 Å². The van der Waals surface area contributed by atoms with Crippen molar-refractivity contribution in [3.05, 3.63) is 112 Å². The smallest absolute Gasteiger partial charge is 0.311 e. The van der Waals surface area contributed by atoms with Crippen molar-refractivity contribution >= 4 is 15.8 Å². The minimum absolute atomic E-state index is 0.000943. The fourth-order valence-electron chi connectivity index (χ4n) is 4.82. The number of nitrogens with zero attached hydrogens (tertiary/aromatic N) is 2. The van der Waals surface area contributed by atoms with Crippen LogP contribution in [0, 0.1) is 0 Å². The second-order valence-electron chi connectivity index (χ2n) is 9.71. The third kappa shape index (κ3) is 7.15. The predicted octanol–water partition coefficient (Wildman–Crippen LogP) is 5.00. The third-order valence-electron chi connectivity index (χ3n) is 6.87. The summed E-state index contributed by atoms with van der Waals surface area (Å²) in [6, 6.07) is 22.4. The van der Waals surface area contributed by atoms with Crippen molar-refractivity contribution < 1.29 is 17.9 Å². The molecule has 1 atom stereocenters. The zero-order valence-corrected chi connectivity index (χ0v) is 23.7. The van der Waals surface area contributed by atoms with E-state index in [2.05, 4.69) is 17.0 Å². The van der Waals surface area contributed by atoms with Crippen molar-refractivity contribution in [1.29, 1.82) is 0 Å². The molecule has 2 heterocycles. The highest BCUT2D eigenvalue weighted by atomic mass is 32.2. The van der Waals surface area contributed by atoms with Gasteiger partial charge in [0.15, 0.2) is 15.7 Å². The first-order valence-electron chi connectivity index (χ1n) is 13.6. The van der Waals surface area contributed by atoms with Crippen molar-refractivity contribution in [2.75, 3.05) is 12.4 Å². The minimum Gasteiger partial charge on any atom is -0.466 e. The molecule has 8 nitrogen and oxygen atoms in total. The molecule has 0 aliphatic rings. The quantitative estimate of drug-likeness (QED) is 0.230. The molecule has 1 N–H and O–H groups in total. The highest BCUT2D eigenvalue weighted by Crippen LogP contribution is 2.27. The molecule has 0 radical (unpaired) electrons. The molecule has 0 spiro atoms. The number of hydrogen-bond acceptors (Lipinski definition) is 6. The van der Waals surface area contributed by atoms with Gasteiger partial charge in [-0.2, -0.15) is 0 Å². The van der Waals surface area contributed by atoms with E-state index in [0.29, 0.717) is 24.1 Å². The Morgan fingerprint density at radius 1 is 0.975 bits per heavy atom. The highest BCUT2D eigenvalue weighted by Gasteiger charge is 2.22. The second kappa shape index (κ2) is 13.4. The Bertz CT molecular complexity index is 1560. The molecule has 0 bridgehead atoms. The molecule has 2 aromatic heterocycles. The topological polar surface area (TPSA) is 111 Å². The number of benzene rings is 2. The molecule has 2 aromatic carbocycles. The number of carbonyl (C=O) groups is 1. The van der Waals surface area contributed by atoms with Crippen LogP contribution in [-0.4, -0.2) is 41.5 Å². The van der Waals surface area contributed by atoms with E-state index in [0.717, 1.165) is 24.0 Å². The molecule has 4 rings (SSSR count). The molecule has 4 aromatic rings. The maximum atomic E-state index is 13.4. The van der Waals surface area contributed by atoms with Crippen LogP contribution in [0.4, 0.5) is 0 Å². The molecular weight excluding hydrogens is 526 g/mol. The number of esters is 1. The summed E-state index contributed by atoms with van der Waals surface area (Å²) >= 11 is 0. The summed E-state index contributed by atoms with van der Waals surface area (Å²) in [5, 5.41) is 3.00. The number of hydrogen-bond donors (Lipinski definition) is 1. The number of sulfone groups is 1. The lowest BCUT2D eigenvalue weighted by molar-refractivity contribution is -0.142. The number of rotatable bonds is 13. The Morgan fingerprint density at radius 2 is 1.68 bits per heavy atom. The maximum Gasteiger partial charge on any atom is 0.311 e. The van der Waals surface area contributed by atoms with Crippen LogP contribution in [0.2, 0.25) is 0 Å². The Hall–Kier alpha value is -3.98. The standard InChI is InChI=1S/C31H35N3O5S/c1-3-11-24(25-14-9-6-10-15-25)18-19-40(37,38)26-16-17-29(32-22-26)34-31(36)27(20-23-12-7-5-8-13-23)28(33-34)21-30(35)39-4-2/h5-10,12-17,22,24,33H,3-4,11,18-21H2,1-2H3. The minimum atomic E-state index is -3.58. The average Bonchev–Trinajstić information content (AvgIpc) is 3.26. The van der Waals surface area contributed by atoms with Gasteiger partial charge in [-0.1, -0.05) is 74.0 Å². The molecule has 0 aliphatic heterocycles. The summed E-state index contributed by atoms with van der Waals surface area (Å²) in [4.78, 5) is 30.1. The van der Waals surface area contributed by atoms with Gasteiger partial charge < -0.3 is 4.74 Å². The molecule has 40 heavy (non-hydrogen) atoms. The Balaban J connectivity index is 1.57. The molecule has 9 heteroatoms. The summed E-state index contributed by atoms with van der Waals surface area (Å²) in [7, 11) is -3.58. The van der Waals surface area contributed by atoms with Gasteiger partial charge in [0.25, 0.3) is 5.56 Å². The Kier molecular flexibility index (Phi) is 9.71. The first-order valence-corrected chi connectivity index (χ1v) is 15.2. The summed E-state index contributed by atoms with van der Waals surface area (Å²) in [6.45, 7) is 4.06. The third-order valence-corrected chi connectivity index (χ3v) is 8.61. The summed E-state index contributed by atoms with van der Waals surface area (Å²) in [5.41, 5.74) is 2.58. The largest absolute Gasteiger partial charge is 0.466 e. The molecule has 0 fully saturated rings. The molecule has 0 amide bonds. The number of aromatic amines is 1. The monoisotopic (exact) mass is 561 g/mol. The number of nitrogens with one attached hydrogen (secondary N) is 1. The van der Waals surface area contributed by atoms with Crippen LogP contribution >= 0.6 is 0 Å². The zero-order chi connectivity index (χ0) is 28.5. The average molecular weight is 562 g/mol. The van der Waals surface area contributed by atoms with E-state index in [4.69, 9.17) is 4.74 Å². The lowest BCUT2D eigenvalue weighted by Gasteiger charge is -2.16. The van der Waals surface area contributed by atoms with Crippen LogP contribution in [0.25, 0.3) is 5.82 Å². The molecule has 210 valence electrons. The van der Waals surface area contributed by atoms with Gasteiger partial charge in [0.05, 0.1) is 29.4 Å². The molecule has 0 saturated carbocycles. The van der Waals surface area contributed by atoms with E-state index in [-0.39, 0.29) is 41.0 Å². The van der Waals surface area contributed by atoms with Gasteiger partial charge in [0.2, 0.25) is 0 Å². The SMILES string of the molecule is CCCC(CCS(=O)(=O)c1ccc(-n2[nH]c(CC(=O)OCC)c(Cc3ccccc3)c2=O)nc1)c1ccccc1. The first-order chi connectivity index (χ1) is 19.3. The van der Waals surface area contributed by atoms with Gasteiger partial charge in [0.1, 0.15) is 0 Å². The Morgan fingerprint density at radius 3 is 2.30 bits per heavy atom. The normalized spacial score (nSPS) is 12.2. The first kappa shape index (κ1) is 29.0. The van der Waals surface area contributed by atoms with Crippen LogP contribution in [0.1, 0.15) is 61.4 Å². The summed E-state index contributed by atoms with van der Waals surface area (Å²) in [6.07, 6.45) is 3.90. The summed E-state index contributed by atoms with van der Waals surface area (Å²) < 4.78 is 32.7. The van der Waals surface area contributed by atoms with Crippen molar-refractivity contribution in [1.82, 2.24) is 14.8 Å². The van der Waals surface area contributed by atoms with Gasteiger partial charge in [0, 0.05) is 18.2 Å². The van der Waals surface area contributed by atoms with Crippen LogP contribution in [0.3, 0.4) is 0 Å². The highest BCUT2D eigenvalue weighted by molar-refractivity contribution is 7.91. The molecular formula is C31H35N3O5S.